The number of hydrogen-bond acceptors (Lipinski definition) is 17. The minimum atomic E-state index is -2.03. The molecule has 3 amide bonds. The van der Waals surface area contributed by atoms with Gasteiger partial charge in [0.15, 0.2) is 5.75 Å². The van der Waals surface area contributed by atoms with Crippen molar-refractivity contribution < 1.29 is 63.3 Å². The summed E-state index contributed by atoms with van der Waals surface area (Å²) in [6.45, 7) is 18.4. The number of Topliss-reactive ketones (excluding diaryl/α,β-unsaturated/α-hetero) is 1. The van der Waals surface area contributed by atoms with Gasteiger partial charge >= 0.3 is 11.8 Å². The zero-order valence-corrected chi connectivity index (χ0v) is 48.0. The number of rotatable bonds is 7. The number of piperidine rings is 2. The fourth-order valence-corrected chi connectivity index (χ4v) is 12.4. The molecule has 7 heterocycles. The van der Waals surface area contributed by atoms with Gasteiger partial charge in [-0.15, -0.1) is 0 Å². The molecule has 9 rings (SSSR count). The molecule has 2 aromatic carbocycles. The number of piperazine rings is 1. The number of aliphatic hydroxyl groups excluding tert-OH is 2. The molecule has 10 atom stereocenters. The Morgan fingerprint density at radius 2 is 1.61 bits per heavy atom. The highest BCUT2D eigenvalue weighted by molar-refractivity contribution is 14.1. The van der Waals surface area contributed by atoms with Gasteiger partial charge in [0.05, 0.1) is 47.8 Å². The number of benzene rings is 2. The molecule has 3 saturated heterocycles. The molecule has 0 aromatic heterocycles. The molecule has 0 aliphatic carbocycles. The van der Waals surface area contributed by atoms with Gasteiger partial charge < -0.3 is 59.4 Å². The van der Waals surface area contributed by atoms with Gasteiger partial charge in [0.25, 0.3) is 11.7 Å². The molecule has 77 heavy (non-hydrogen) atoms. The quantitative estimate of drug-likeness (QED) is 0.0862. The van der Waals surface area contributed by atoms with E-state index >= 15 is 0 Å². The number of ketones is 1. The van der Waals surface area contributed by atoms with E-state index in [1.807, 2.05) is 0 Å². The van der Waals surface area contributed by atoms with Crippen molar-refractivity contribution in [2.75, 3.05) is 71.8 Å². The predicted molar refractivity (Wildman–Crippen MR) is 294 cm³/mol. The van der Waals surface area contributed by atoms with Crippen LogP contribution in [0.5, 0.6) is 17.2 Å². The van der Waals surface area contributed by atoms with Crippen LogP contribution in [0.3, 0.4) is 0 Å². The lowest BCUT2D eigenvalue weighted by atomic mass is 9.78. The standard InChI is InChI=1S/C56H76IN7O13/c1-29-12-11-13-30(2)54(73)58-46-45-44(59-56(60-45)17-21-62(22-18-56)27-31(3)57)41-42(50(46)71)49(70)35(7)52-43(41)53(72)55(8,77-52)75-25-16-37(74-10)32(4)51(34(6)48(69)33(5)47(29)68)76-40(67)26-38(65)63-19-14-36(15-20-63)64-24-23-61(9)39(66)28-64/h11-13,16,25,29,31-34,36-37,47-48,51,59,68-71H,14-15,17-24,26-28H2,1-10H3/b12-11+,25-16+,30-13-,58-46?/t29-,31?,32+,33+,34+,37-,47-,48+,51+,55-/m0/s1. The van der Waals surface area contributed by atoms with Gasteiger partial charge in [-0.3, -0.25) is 33.9 Å². The summed E-state index contributed by atoms with van der Waals surface area (Å²) in [6.07, 6.45) is 5.04. The Morgan fingerprint density at radius 3 is 2.26 bits per heavy atom. The van der Waals surface area contributed by atoms with Crippen molar-refractivity contribution in [3.8, 4) is 17.2 Å². The number of ether oxygens (including phenoxy) is 4. The highest BCUT2D eigenvalue weighted by atomic mass is 127. The van der Waals surface area contributed by atoms with Crippen LogP contribution in [0.25, 0.3) is 10.8 Å². The molecule has 21 heteroatoms. The van der Waals surface area contributed by atoms with Gasteiger partial charge in [-0.25, -0.2) is 4.99 Å². The fraction of sp³-hybridized carbons (Fsp3) is 0.625. The molecule has 1 spiro atoms. The van der Waals surface area contributed by atoms with Gasteiger partial charge in [-0.2, -0.15) is 0 Å². The van der Waals surface area contributed by atoms with Crippen LogP contribution in [-0.4, -0.2) is 182 Å². The van der Waals surface area contributed by atoms with Gasteiger partial charge in [0.1, 0.15) is 40.4 Å². The summed E-state index contributed by atoms with van der Waals surface area (Å²) in [5.41, 5.74) is -0.279. The lowest BCUT2D eigenvalue weighted by molar-refractivity contribution is -0.165. The van der Waals surface area contributed by atoms with Gasteiger partial charge in [-0.05, 0) is 32.8 Å². The topological polar surface area (TPSA) is 253 Å². The molecule has 0 radical (unpaired) electrons. The molecule has 5 N–H and O–H groups in total. The number of alkyl halides is 1. The van der Waals surface area contributed by atoms with E-state index in [9.17, 15) is 44.4 Å². The number of esters is 1. The number of halogens is 1. The Balaban J connectivity index is 1.13. The Morgan fingerprint density at radius 1 is 0.922 bits per heavy atom. The monoisotopic (exact) mass is 1180 g/mol. The third-order valence-electron chi connectivity index (χ3n) is 16.9. The molecule has 1 unspecified atom stereocenters. The number of nitrogens with zero attached hydrogens (tertiary/aromatic N) is 6. The van der Waals surface area contributed by atoms with Crippen molar-refractivity contribution in [1.82, 2.24) is 19.6 Å². The summed E-state index contributed by atoms with van der Waals surface area (Å²) in [5.74, 6) is -8.41. The summed E-state index contributed by atoms with van der Waals surface area (Å²) in [6, 6.07) is 0.141. The van der Waals surface area contributed by atoms with Crippen LogP contribution in [-0.2, 0) is 33.4 Å². The average molecular weight is 1180 g/mol. The number of carbonyl (C=O) groups excluding carboxylic acids is 5. The van der Waals surface area contributed by atoms with Crippen LogP contribution in [0.15, 0.2) is 46.1 Å². The van der Waals surface area contributed by atoms with E-state index in [1.54, 1.807) is 70.5 Å². The largest absolute Gasteiger partial charge is 0.507 e. The number of amides is 3. The number of carbonyl (C=O) groups is 5. The molecule has 7 aliphatic rings. The molecular formula is C56H76IN7O13. The second kappa shape index (κ2) is 23.3. The number of methoxy groups -OCH3 is 1. The summed E-state index contributed by atoms with van der Waals surface area (Å²) in [4.78, 5) is 86.5. The zero-order valence-electron chi connectivity index (χ0n) is 45.9. The van der Waals surface area contributed by atoms with E-state index in [0.29, 0.717) is 74.6 Å². The third-order valence-corrected chi connectivity index (χ3v) is 17.3. The second-order valence-corrected chi connectivity index (χ2v) is 24.4. The van der Waals surface area contributed by atoms with Gasteiger partial charge in [-0.1, -0.05) is 75.4 Å². The number of nitrogens with one attached hydrogen (secondary N) is 1. The fourth-order valence-electron chi connectivity index (χ4n) is 11.9. The van der Waals surface area contributed by atoms with Crippen molar-refractivity contribution in [2.45, 2.75) is 133 Å². The van der Waals surface area contributed by atoms with E-state index in [1.165, 1.54) is 32.4 Å². The van der Waals surface area contributed by atoms with E-state index in [0.717, 1.165) is 13.1 Å². The average Bonchev–Trinajstić information content (AvgIpc) is 4.03. The molecule has 2 aromatic rings. The molecule has 420 valence electrons. The highest BCUT2D eigenvalue weighted by Crippen LogP contribution is 2.51. The number of allylic oxidation sites excluding steroid dienone is 2. The maximum Gasteiger partial charge on any atom is 0.315 e. The number of aromatic hydroxyl groups is 2. The zero-order chi connectivity index (χ0) is 56.0. The van der Waals surface area contributed by atoms with Crippen molar-refractivity contribution in [1.29, 1.82) is 0 Å². The number of hydrogen-bond donors (Lipinski definition) is 5. The smallest absolute Gasteiger partial charge is 0.315 e. The van der Waals surface area contributed by atoms with Gasteiger partial charge in [0.2, 0.25) is 11.8 Å². The van der Waals surface area contributed by atoms with Crippen molar-refractivity contribution in [3.63, 3.8) is 0 Å². The lowest BCUT2D eigenvalue weighted by Crippen LogP contribution is -2.55. The van der Waals surface area contributed by atoms with Gasteiger partial charge in [0, 0.05) is 130 Å². The Kier molecular flexibility index (Phi) is 17.5. The summed E-state index contributed by atoms with van der Waals surface area (Å²) < 4.78 is 25.1. The third kappa shape index (κ3) is 11.6. The van der Waals surface area contributed by atoms with Crippen LogP contribution >= 0.6 is 22.6 Å². The Bertz CT molecular complexity index is 2880. The van der Waals surface area contributed by atoms with E-state index in [2.05, 4.69) is 49.6 Å². The first-order chi connectivity index (χ1) is 36.4. The molecule has 20 nitrogen and oxygen atoms in total. The number of aliphatic hydroxyl groups is 2. The Hall–Kier alpha value is -5.20. The van der Waals surface area contributed by atoms with Crippen LogP contribution < -0.4 is 20.8 Å². The number of phenolic OH excluding ortho intramolecular Hbond substituents is 2. The van der Waals surface area contributed by atoms with Crippen molar-refractivity contribution >= 4 is 68.5 Å². The number of likely N-dealkylation sites (N-methyl/N-ethyl adjacent to an activating group) is 1. The molecule has 3 fully saturated rings. The van der Waals surface area contributed by atoms with Crippen LogP contribution in [0.4, 0.5) is 5.69 Å². The lowest BCUT2D eigenvalue weighted by Gasteiger charge is -2.41. The number of likely N-dealkylation sites (tertiary alicyclic amines) is 2. The van der Waals surface area contributed by atoms with E-state index < -0.39 is 101 Å². The van der Waals surface area contributed by atoms with Crippen molar-refractivity contribution in [3.05, 3.63) is 58.0 Å². The number of phenols is 2. The Labute approximate surface area is 463 Å². The molecule has 7 aliphatic heterocycles. The normalized spacial score (nSPS) is 31.6. The second-order valence-electron chi connectivity index (χ2n) is 22.3. The molecular weight excluding hydrogens is 1110 g/mol. The molecule has 0 saturated carbocycles. The van der Waals surface area contributed by atoms with E-state index in [-0.39, 0.29) is 55.9 Å². The minimum absolute atomic E-state index is 0.0181. The summed E-state index contributed by atoms with van der Waals surface area (Å²) in [5, 5.41) is 51.5. The van der Waals surface area contributed by atoms with Crippen LogP contribution in [0.2, 0.25) is 0 Å². The maximum atomic E-state index is 15.0. The van der Waals surface area contributed by atoms with E-state index in [4.69, 9.17) is 23.9 Å². The van der Waals surface area contributed by atoms with Crippen LogP contribution in [0.1, 0.15) is 96.5 Å². The minimum Gasteiger partial charge on any atom is -0.507 e. The number of fused-ring (bicyclic) bond motifs is 13. The highest BCUT2D eigenvalue weighted by Gasteiger charge is 2.51. The SMILES string of the molecule is CO[C@H]1/C=C/O[C@@]2(C)Oc3c(C)c(O)c4c(O)c(c5c(c4c3C2=O)NC2(CCN(CC(C)I)CC2)N=5)=NC(=O)/C(C)=C\C=C\[C@H](C)[C@H](O)[C@@H](C)[C@@H](O)[C@@H](C)[C@H](OC(=O)CC(=O)N2CCC(N3CCN(C)C(=O)C3)CC2)[C@@H]1C. The first kappa shape index (κ1) is 58.0. The first-order valence-electron chi connectivity index (χ1n) is 26.9. The maximum absolute atomic E-state index is 15.0. The van der Waals surface area contributed by atoms with Crippen LogP contribution in [0, 0.1) is 30.6 Å². The number of anilines is 1. The first-order valence-corrected chi connectivity index (χ1v) is 28.1. The summed E-state index contributed by atoms with van der Waals surface area (Å²) >= 11 is 2.40. The van der Waals surface area contributed by atoms with Crippen molar-refractivity contribution in [2.24, 2.45) is 33.7 Å². The molecule has 5 bridgehead atoms. The predicted octanol–water partition coefficient (Wildman–Crippen LogP) is 4.05. The summed E-state index contributed by atoms with van der Waals surface area (Å²) in [7, 11) is 3.23.